The van der Waals surface area contributed by atoms with Gasteiger partial charge in [-0.3, -0.25) is 0 Å². The quantitative estimate of drug-likeness (QED) is 0.834. The molecule has 4 heteroatoms. The highest BCUT2D eigenvalue weighted by Gasteiger charge is 2.12. The van der Waals surface area contributed by atoms with Crippen molar-refractivity contribution in [1.82, 2.24) is 4.98 Å². The Bertz CT molecular complexity index is 435. The van der Waals surface area contributed by atoms with E-state index < -0.39 is 6.10 Å². The first-order valence-corrected chi connectivity index (χ1v) is 5.76. The van der Waals surface area contributed by atoms with Gasteiger partial charge < -0.3 is 10.4 Å². The van der Waals surface area contributed by atoms with E-state index >= 15 is 0 Å². The minimum atomic E-state index is -0.441. The van der Waals surface area contributed by atoms with Crippen molar-refractivity contribution in [2.75, 3.05) is 11.9 Å². The highest BCUT2D eigenvalue weighted by molar-refractivity contribution is 5.56. The van der Waals surface area contributed by atoms with E-state index in [2.05, 4.69) is 16.4 Å². The predicted octanol–water partition coefficient (Wildman–Crippen LogP) is 2.00. The summed E-state index contributed by atoms with van der Waals surface area (Å²) >= 11 is 0. The summed E-state index contributed by atoms with van der Waals surface area (Å²) in [5, 5.41) is 21.8. The summed E-state index contributed by atoms with van der Waals surface area (Å²) < 4.78 is 0. The molecule has 1 aromatic heterocycles. The van der Waals surface area contributed by atoms with E-state index in [9.17, 15) is 5.11 Å². The third kappa shape index (κ3) is 3.43. The summed E-state index contributed by atoms with van der Waals surface area (Å²) in [6.07, 6.45) is -0.441. The van der Waals surface area contributed by atoms with Crippen molar-refractivity contribution in [2.24, 2.45) is 5.92 Å². The molecule has 0 aromatic carbocycles. The summed E-state index contributed by atoms with van der Waals surface area (Å²) in [5.74, 6) is 0.739. The molecule has 17 heavy (non-hydrogen) atoms. The minimum Gasteiger partial charge on any atom is -0.391 e. The first-order valence-electron chi connectivity index (χ1n) is 5.76. The number of aryl methyl sites for hydroxylation is 2. The molecule has 0 fully saturated rings. The number of nitrogens with zero attached hydrogens (tertiary/aromatic N) is 2. The van der Waals surface area contributed by atoms with Crippen LogP contribution in [0.25, 0.3) is 0 Å². The lowest BCUT2D eigenvalue weighted by atomic mass is 10.1. The Morgan fingerprint density at radius 3 is 2.65 bits per heavy atom. The number of hydrogen-bond acceptors (Lipinski definition) is 4. The Hall–Kier alpha value is -1.60. The molecule has 1 unspecified atom stereocenters. The smallest absolute Gasteiger partial charge is 0.144 e. The zero-order valence-corrected chi connectivity index (χ0v) is 10.8. The number of nitriles is 1. The number of rotatable bonds is 4. The maximum Gasteiger partial charge on any atom is 0.144 e. The molecule has 0 amide bonds. The molecule has 0 aliphatic carbocycles. The fourth-order valence-corrected chi connectivity index (χ4v) is 1.54. The standard InChI is InChI=1S/C13H19N3O/c1-8(2)12(17)7-15-13-11(6-14)9(3)5-10(4)16-13/h5,8,12,17H,7H2,1-4H3,(H,15,16). The summed E-state index contributed by atoms with van der Waals surface area (Å²) in [6.45, 7) is 8.08. The van der Waals surface area contributed by atoms with E-state index in [1.807, 2.05) is 33.8 Å². The molecular formula is C13H19N3O. The first kappa shape index (κ1) is 13.5. The molecule has 0 saturated carbocycles. The van der Waals surface area contributed by atoms with Crippen LogP contribution in [-0.2, 0) is 0 Å². The van der Waals surface area contributed by atoms with Gasteiger partial charge in [0.1, 0.15) is 11.9 Å². The lowest BCUT2D eigenvalue weighted by Crippen LogP contribution is -2.25. The fraction of sp³-hybridized carbons (Fsp3) is 0.538. The van der Waals surface area contributed by atoms with Crippen LogP contribution in [0.15, 0.2) is 6.07 Å². The number of aliphatic hydroxyl groups excluding tert-OH is 1. The molecule has 0 bridgehead atoms. The molecule has 0 spiro atoms. The van der Waals surface area contributed by atoms with Gasteiger partial charge in [0.15, 0.2) is 0 Å². The second kappa shape index (κ2) is 5.65. The summed E-state index contributed by atoms with van der Waals surface area (Å²) in [5.41, 5.74) is 2.32. The molecule has 0 saturated heterocycles. The molecule has 2 N–H and O–H groups in total. The molecule has 92 valence electrons. The van der Waals surface area contributed by atoms with E-state index in [-0.39, 0.29) is 5.92 Å². The summed E-state index contributed by atoms with van der Waals surface area (Å²) in [7, 11) is 0. The predicted molar refractivity (Wildman–Crippen MR) is 67.8 cm³/mol. The van der Waals surface area contributed by atoms with Gasteiger partial charge in [0.05, 0.1) is 11.7 Å². The molecule has 1 atom stereocenters. The Labute approximate surface area is 102 Å². The molecular weight excluding hydrogens is 214 g/mol. The van der Waals surface area contributed by atoms with Gasteiger partial charge in [-0.25, -0.2) is 4.98 Å². The number of anilines is 1. The topological polar surface area (TPSA) is 68.9 Å². The zero-order chi connectivity index (χ0) is 13.0. The van der Waals surface area contributed by atoms with Crippen LogP contribution in [0.2, 0.25) is 0 Å². The van der Waals surface area contributed by atoms with Crippen LogP contribution in [0, 0.1) is 31.1 Å². The van der Waals surface area contributed by atoms with Crippen molar-refractivity contribution in [3.05, 3.63) is 22.9 Å². The minimum absolute atomic E-state index is 0.180. The highest BCUT2D eigenvalue weighted by Crippen LogP contribution is 2.17. The van der Waals surface area contributed by atoms with Crippen molar-refractivity contribution in [2.45, 2.75) is 33.8 Å². The van der Waals surface area contributed by atoms with E-state index in [1.165, 1.54) is 0 Å². The van der Waals surface area contributed by atoms with Gasteiger partial charge in [0.25, 0.3) is 0 Å². The molecule has 0 aliphatic rings. The van der Waals surface area contributed by atoms with Gasteiger partial charge >= 0.3 is 0 Å². The van der Waals surface area contributed by atoms with Crippen LogP contribution in [-0.4, -0.2) is 22.7 Å². The third-order valence-electron chi connectivity index (χ3n) is 2.70. The Kier molecular flexibility index (Phi) is 4.47. The first-order chi connectivity index (χ1) is 7.95. The van der Waals surface area contributed by atoms with Crippen molar-refractivity contribution in [3.63, 3.8) is 0 Å². The monoisotopic (exact) mass is 233 g/mol. The van der Waals surface area contributed by atoms with Crippen LogP contribution < -0.4 is 5.32 Å². The molecule has 0 aliphatic heterocycles. The number of aromatic nitrogens is 1. The zero-order valence-electron chi connectivity index (χ0n) is 10.8. The van der Waals surface area contributed by atoms with Crippen LogP contribution in [0.3, 0.4) is 0 Å². The maximum atomic E-state index is 9.72. The summed E-state index contributed by atoms with van der Waals surface area (Å²) in [4.78, 5) is 4.29. The number of pyridine rings is 1. The molecule has 1 rings (SSSR count). The van der Waals surface area contributed by atoms with Crippen LogP contribution in [0.5, 0.6) is 0 Å². The normalized spacial score (nSPS) is 12.3. The summed E-state index contributed by atoms with van der Waals surface area (Å²) in [6, 6.07) is 4.01. The van der Waals surface area contributed by atoms with Gasteiger partial charge in [0, 0.05) is 12.2 Å². The molecule has 1 heterocycles. The van der Waals surface area contributed by atoms with Crippen molar-refractivity contribution < 1.29 is 5.11 Å². The fourth-order valence-electron chi connectivity index (χ4n) is 1.54. The van der Waals surface area contributed by atoms with E-state index in [0.717, 1.165) is 11.3 Å². The van der Waals surface area contributed by atoms with E-state index in [4.69, 9.17) is 5.26 Å². The Balaban J connectivity index is 2.88. The van der Waals surface area contributed by atoms with Crippen LogP contribution in [0.4, 0.5) is 5.82 Å². The second-order valence-electron chi connectivity index (χ2n) is 4.61. The number of nitrogens with one attached hydrogen (secondary N) is 1. The van der Waals surface area contributed by atoms with Crippen LogP contribution in [0.1, 0.15) is 30.7 Å². The van der Waals surface area contributed by atoms with E-state index in [0.29, 0.717) is 17.9 Å². The van der Waals surface area contributed by atoms with Crippen molar-refractivity contribution in [1.29, 1.82) is 5.26 Å². The number of hydrogen-bond donors (Lipinski definition) is 2. The van der Waals surface area contributed by atoms with Gasteiger partial charge in [0.2, 0.25) is 0 Å². The lowest BCUT2D eigenvalue weighted by molar-refractivity contribution is 0.138. The van der Waals surface area contributed by atoms with E-state index in [1.54, 1.807) is 0 Å². The van der Waals surface area contributed by atoms with Gasteiger partial charge in [-0.2, -0.15) is 5.26 Å². The Morgan fingerprint density at radius 1 is 1.47 bits per heavy atom. The average molecular weight is 233 g/mol. The van der Waals surface area contributed by atoms with Crippen LogP contribution >= 0.6 is 0 Å². The molecule has 1 aromatic rings. The second-order valence-corrected chi connectivity index (χ2v) is 4.61. The van der Waals surface area contributed by atoms with Gasteiger partial charge in [-0.05, 0) is 31.4 Å². The van der Waals surface area contributed by atoms with Crippen molar-refractivity contribution in [3.8, 4) is 6.07 Å². The Morgan fingerprint density at radius 2 is 2.12 bits per heavy atom. The maximum absolute atomic E-state index is 9.72. The largest absolute Gasteiger partial charge is 0.391 e. The molecule has 0 radical (unpaired) electrons. The van der Waals surface area contributed by atoms with Crippen molar-refractivity contribution >= 4 is 5.82 Å². The molecule has 4 nitrogen and oxygen atoms in total. The van der Waals surface area contributed by atoms with Gasteiger partial charge in [-0.1, -0.05) is 13.8 Å². The third-order valence-corrected chi connectivity index (χ3v) is 2.70. The highest BCUT2D eigenvalue weighted by atomic mass is 16.3. The van der Waals surface area contributed by atoms with Gasteiger partial charge in [-0.15, -0.1) is 0 Å². The lowest BCUT2D eigenvalue weighted by Gasteiger charge is -2.16. The number of aliphatic hydroxyl groups is 1. The SMILES string of the molecule is Cc1cc(C)c(C#N)c(NCC(O)C(C)C)n1. The average Bonchev–Trinajstić information content (AvgIpc) is 2.24.